The minimum atomic E-state index is -0.764. The van der Waals surface area contributed by atoms with Crippen molar-refractivity contribution in [1.29, 1.82) is 0 Å². The largest absolute Gasteiger partial charge is 0.493 e. The summed E-state index contributed by atoms with van der Waals surface area (Å²) in [6.07, 6.45) is 9.73. The van der Waals surface area contributed by atoms with Crippen molar-refractivity contribution in [2.45, 2.75) is 65.2 Å². The molecule has 28 heavy (non-hydrogen) atoms. The molecule has 0 N–H and O–H groups in total. The fourth-order valence-electron chi connectivity index (χ4n) is 3.14. The smallest absolute Gasteiger partial charge is 0.383 e. The van der Waals surface area contributed by atoms with Crippen molar-refractivity contribution in [1.82, 2.24) is 0 Å². The van der Waals surface area contributed by atoms with Crippen LogP contribution >= 0.6 is 0 Å². The molecule has 1 aromatic carbocycles. The second-order valence-corrected chi connectivity index (χ2v) is 6.80. The first-order valence-electron chi connectivity index (χ1n) is 10.0. The molecule has 6 nitrogen and oxygen atoms in total. The van der Waals surface area contributed by atoms with Gasteiger partial charge in [0.2, 0.25) is 0 Å². The molecule has 0 bridgehead atoms. The van der Waals surface area contributed by atoms with E-state index in [1.807, 2.05) is 0 Å². The number of carbonyl (C=O) groups is 1. The molecular weight excluding hydrogens is 360 g/mol. The third kappa shape index (κ3) is 6.01. The van der Waals surface area contributed by atoms with Crippen LogP contribution < -0.4 is 19.8 Å². The van der Waals surface area contributed by atoms with E-state index < -0.39 is 11.6 Å². The predicted molar refractivity (Wildman–Crippen MR) is 108 cm³/mol. The Labute approximate surface area is 165 Å². The first-order chi connectivity index (χ1) is 13.6. The van der Waals surface area contributed by atoms with E-state index >= 15 is 0 Å². The molecular formula is C22H30O6. The summed E-state index contributed by atoms with van der Waals surface area (Å²) in [5.74, 6) is -0.199. The number of rotatable bonds is 12. The number of methoxy groups -OCH3 is 1. The maximum absolute atomic E-state index is 12.1. The summed E-state index contributed by atoms with van der Waals surface area (Å²) in [7, 11) is 1.41. The van der Waals surface area contributed by atoms with E-state index in [4.69, 9.17) is 18.6 Å². The summed E-state index contributed by atoms with van der Waals surface area (Å²) in [5.41, 5.74) is -0.439. The topological polar surface area (TPSA) is 75.0 Å². The van der Waals surface area contributed by atoms with Crippen LogP contribution in [0.1, 0.15) is 65.2 Å². The van der Waals surface area contributed by atoms with Crippen LogP contribution in [0.2, 0.25) is 0 Å². The van der Waals surface area contributed by atoms with E-state index in [9.17, 15) is 9.59 Å². The van der Waals surface area contributed by atoms with E-state index in [0.29, 0.717) is 23.3 Å². The zero-order chi connectivity index (χ0) is 20.4. The van der Waals surface area contributed by atoms with Gasteiger partial charge in [-0.15, -0.1) is 0 Å². The van der Waals surface area contributed by atoms with Gasteiger partial charge in [-0.25, -0.2) is 4.79 Å². The molecule has 0 atom stereocenters. The number of unbranched alkanes of at least 4 members (excludes halogenated alkanes) is 7. The van der Waals surface area contributed by atoms with Crippen molar-refractivity contribution in [2.24, 2.45) is 0 Å². The van der Waals surface area contributed by atoms with Gasteiger partial charge in [0.1, 0.15) is 16.7 Å². The number of hydrogen-bond donors (Lipinski definition) is 0. The molecule has 0 saturated heterocycles. The molecule has 0 amide bonds. The van der Waals surface area contributed by atoms with E-state index in [0.717, 1.165) is 12.8 Å². The lowest BCUT2D eigenvalue weighted by Crippen LogP contribution is -2.13. The van der Waals surface area contributed by atoms with Gasteiger partial charge in [0.25, 0.3) is 5.75 Å². The fourth-order valence-corrected chi connectivity index (χ4v) is 3.14. The molecule has 0 saturated carbocycles. The van der Waals surface area contributed by atoms with E-state index in [-0.39, 0.29) is 11.5 Å². The number of ether oxygens (including phenoxy) is 3. The van der Waals surface area contributed by atoms with Crippen LogP contribution in [0.15, 0.2) is 27.4 Å². The van der Waals surface area contributed by atoms with E-state index in [1.165, 1.54) is 52.6 Å². The molecule has 1 aromatic heterocycles. The molecule has 0 unspecified atom stereocenters. The molecule has 6 heteroatoms. The molecule has 0 spiro atoms. The second kappa shape index (κ2) is 11.4. The molecule has 0 aliphatic heterocycles. The SMILES string of the molecule is CCCCCCCCCCOc1cccc2oc(=O)c(OC(C)=O)c(OC)c12. The number of benzene rings is 1. The maximum atomic E-state index is 12.1. The van der Waals surface area contributed by atoms with Gasteiger partial charge in [0, 0.05) is 6.92 Å². The van der Waals surface area contributed by atoms with Crippen LogP contribution in [0.5, 0.6) is 17.2 Å². The lowest BCUT2D eigenvalue weighted by molar-refractivity contribution is -0.132. The molecule has 0 radical (unpaired) electrons. The predicted octanol–water partition coefficient (Wildman–Crippen LogP) is 5.25. The Morgan fingerprint density at radius 3 is 2.32 bits per heavy atom. The molecule has 0 aliphatic rings. The monoisotopic (exact) mass is 390 g/mol. The van der Waals surface area contributed by atoms with Crippen molar-refractivity contribution in [3.8, 4) is 17.2 Å². The molecule has 1 heterocycles. The van der Waals surface area contributed by atoms with Gasteiger partial charge in [-0.1, -0.05) is 57.9 Å². The highest BCUT2D eigenvalue weighted by molar-refractivity contribution is 5.92. The van der Waals surface area contributed by atoms with E-state index in [2.05, 4.69) is 6.92 Å². The average Bonchev–Trinajstić information content (AvgIpc) is 2.67. The van der Waals surface area contributed by atoms with Gasteiger partial charge >= 0.3 is 11.6 Å². The van der Waals surface area contributed by atoms with Gasteiger partial charge in [-0.05, 0) is 18.6 Å². The van der Waals surface area contributed by atoms with Gasteiger partial charge in [0.05, 0.1) is 13.7 Å². The Balaban J connectivity index is 2.04. The Morgan fingerprint density at radius 1 is 1.00 bits per heavy atom. The summed E-state index contributed by atoms with van der Waals surface area (Å²) >= 11 is 0. The van der Waals surface area contributed by atoms with Gasteiger partial charge < -0.3 is 18.6 Å². The van der Waals surface area contributed by atoms with Gasteiger partial charge in [-0.2, -0.15) is 0 Å². The van der Waals surface area contributed by atoms with Crippen molar-refractivity contribution >= 4 is 16.9 Å². The van der Waals surface area contributed by atoms with E-state index in [1.54, 1.807) is 18.2 Å². The standard InChI is InChI=1S/C22H30O6/c1-4-5-6-7-8-9-10-11-15-26-17-13-12-14-18-19(17)20(25-3)21(22(24)28-18)27-16(2)23/h12-14H,4-11,15H2,1-3H3. The third-order valence-corrected chi connectivity index (χ3v) is 4.51. The van der Waals surface area contributed by atoms with Crippen molar-refractivity contribution < 1.29 is 23.4 Å². The van der Waals surface area contributed by atoms with Crippen LogP contribution in [0.25, 0.3) is 11.0 Å². The summed E-state index contributed by atoms with van der Waals surface area (Å²) in [4.78, 5) is 23.4. The molecule has 154 valence electrons. The summed E-state index contributed by atoms with van der Waals surface area (Å²) < 4.78 is 21.6. The number of esters is 1. The molecule has 0 aliphatic carbocycles. The average molecular weight is 390 g/mol. The highest BCUT2D eigenvalue weighted by atomic mass is 16.6. The third-order valence-electron chi connectivity index (χ3n) is 4.51. The first kappa shape index (κ1) is 21.8. The maximum Gasteiger partial charge on any atom is 0.383 e. The van der Waals surface area contributed by atoms with Gasteiger partial charge in [0.15, 0.2) is 5.75 Å². The Kier molecular flexibility index (Phi) is 8.85. The number of carbonyl (C=O) groups excluding carboxylic acids is 1. The van der Waals surface area contributed by atoms with Crippen LogP contribution in [-0.4, -0.2) is 19.7 Å². The summed E-state index contributed by atoms with van der Waals surface area (Å²) in [5, 5.41) is 0.486. The van der Waals surface area contributed by atoms with Gasteiger partial charge in [-0.3, -0.25) is 4.79 Å². The lowest BCUT2D eigenvalue weighted by Gasteiger charge is -2.13. The van der Waals surface area contributed by atoms with Crippen LogP contribution in [0.3, 0.4) is 0 Å². The second-order valence-electron chi connectivity index (χ2n) is 6.80. The molecule has 0 fully saturated rings. The zero-order valence-electron chi connectivity index (χ0n) is 17.0. The minimum Gasteiger partial charge on any atom is -0.493 e. The first-order valence-corrected chi connectivity index (χ1v) is 10.0. The van der Waals surface area contributed by atoms with Crippen molar-refractivity contribution in [3.05, 3.63) is 28.6 Å². The molecule has 2 rings (SSSR count). The van der Waals surface area contributed by atoms with Crippen molar-refractivity contribution in [3.63, 3.8) is 0 Å². The fraction of sp³-hybridized carbons (Fsp3) is 0.545. The minimum absolute atomic E-state index is 0.146. The Bertz CT molecular complexity index is 824. The Morgan fingerprint density at radius 2 is 1.68 bits per heavy atom. The quantitative estimate of drug-likeness (QED) is 0.280. The Hall–Kier alpha value is -2.50. The highest BCUT2D eigenvalue weighted by Gasteiger charge is 2.21. The zero-order valence-corrected chi connectivity index (χ0v) is 17.0. The van der Waals surface area contributed by atoms with Crippen LogP contribution in [0, 0.1) is 0 Å². The van der Waals surface area contributed by atoms with Crippen LogP contribution in [-0.2, 0) is 4.79 Å². The molecule has 2 aromatic rings. The highest BCUT2D eigenvalue weighted by Crippen LogP contribution is 2.38. The normalized spacial score (nSPS) is 10.8. The lowest BCUT2D eigenvalue weighted by atomic mass is 10.1. The number of fused-ring (bicyclic) bond motifs is 1. The summed E-state index contributed by atoms with van der Waals surface area (Å²) in [6.45, 7) is 3.99. The number of hydrogen-bond acceptors (Lipinski definition) is 6. The van der Waals surface area contributed by atoms with Crippen LogP contribution in [0.4, 0.5) is 0 Å². The van der Waals surface area contributed by atoms with Crippen molar-refractivity contribution in [2.75, 3.05) is 13.7 Å². The summed E-state index contributed by atoms with van der Waals surface area (Å²) in [6, 6.07) is 5.19.